The molecule has 2 aromatic rings. The molecule has 2 rings (SSSR count). The van der Waals surface area contributed by atoms with E-state index in [1.54, 1.807) is 0 Å². The summed E-state index contributed by atoms with van der Waals surface area (Å²) < 4.78 is 1.97. The standard InChI is InChI=1S/C9H10N4/c1-2-4-13-5-3-7-8(10)11-6-12-9(7)13/h2-3,5-6H,1,4H2,(H2,10,11,12). The Morgan fingerprint density at radius 2 is 2.38 bits per heavy atom. The molecule has 0 fully saturated rings. The number of fused-ring (bicyclic) bond motifs is 1. The highest BCUT2D eigenvalue weighted by Gasteiger charge is 2.03. The monoisotopic (exact) mass is 174 g/mol. The first kappa shape index (κ1) is 7.79. The average Bonchev–Trinajstić information content (AvgIpc) is 2.51. The fourth-order valence-corrected chi connectivity index (χ4v) is 1.31. The second-order valence-electron chi connectivity index (χ2n) is 2.75. The summed E-state index contributed by atoms with van der Waals surface area (Å²) in [5.41, 5.74) is 6.53. The van der Waals surface area contributed by atoms with Crippen LogP contribution in [-0.4, -0.2) is 14.5 Å². The molecule has 0 bridgehead atoms. The number of nitrogen functional groups attached to an aromatic ring is 1. The van der Waals surface area contributed by atoms with Gasteiger partial charge in [-0.3, -0.25) is 0 Å². The fraction of sp³-hybridized carbons (Fsp3) is 0.111. The normalized spacial score (nSPS) is 10.5. The summed E-state index contributed by atoms with van der Waals surface area (Å²) in [5.74, 6) is 0.521. The van der Waals surface area contributed by atoms with Gasteiger partial charge in [-0.25, -0.2) is 9.97 Å². The van der Waals surface area contributed by atoms with Crippen molar-refractivity contribution in [1.29, 1.82) is 0 Å². The van der Waals surface area contributed by atoms with Crippen molar-refractivity contribution in [1.82, 2.24) is 14.5 Å². The van der Waals surface area contributed by atoms with Gasteiger partial charge in [-0.05, 0) is 6.07 Å². The van der Waals surface area contributed by atoms with E-state index in [0.717, 1.165) is 17.6 Å². The Labute approximate surface area is 75.7 Å². The topological polar surface area (TPSA) is 56.7 Å². The predicted octanol–water partition coefficient (Wildman–Crippen LogP) is 1.20. The zero-order valence-corrected chi connectivity index (χ0v) is 7.14. The van der Waals surface area contributed by atoms with Crippen molar-refractivity contribution in [3.8, 4) is 0 Å². The number of aromatic nitrogens is 3. The van der Waals surface area contributed by atoms with Gasteiger partial charge >= 0.3 is 0 Å². The number of allylic oxidation sites excluding steroid dienone is 1. The van der Waals surface area contributed by atoms with Crippen LogP contribution in [0, 0.1) is 0 Å². The molecule has 4 nitrogen and oxygen atoms in total. The van der Waals surface area contributed by atoms with Gasteiger partial charge in [-0.15, -0.1) is 6.58 Å². The van der Waals surface area contributed by atoms with Crippen LogP contribution in [0.5, 0.6) is 0 Å². The minimum absolute atomic E-state index is 0.521. The summed E-state index contributed by atoms with van der Waals surface area (Å²) in [6.45, 7) is 4.41. The number of hydrogen-bond acceptors (Lipinski definition) is 3. The molecule has 0 aliphatic rings. The minimum atomic E-state index is 0.521. The fourth-order valence-electron chi connectivity index (χ4n) is 1.31. The van der Waals surface area contributed by atoms with Crippen molar-refractivity contribution in [2.24, 2.45) is 0 Å². The molecule has 0 aliphatic carbocycles. The van der Waals surface area contributed by atoms with Crippen molar-refractivity contribution >= 4 is 16.9 Å². The first-order valence-electron chi connectivity index (χ1n) is 3.99. The van der Waals surface area contributed by atoms with Crippen molar-refractivity contribution in [2.45, 2.75) is 6.54 Å². The Morgan fingerprint density at radius 3 is 3.15 bits per heavy atom. The summed E-state index contributed by atoms with van der Waals surface area (Å²) in [6.07, 6.45) is 5.21. The number of hydrogen-bond donors (Lipinski definition) is 1. The van der Waals surface area contributed by atoms with Gasteiger partial charge in [0.25, 0.3) is 0 Å². The van der Waals surface area contributed by atoms with Crippen molar-refractivity contribution < 1.29 is 0 Å². The number of anilines is 1. The van der Waals surface area contributed by atoms with E-state index in [9.17, 15) is 0 Å². The van der Waals surface area contributed by atoms with Crippen LogP contribution in [0.15, 0.2) is 31.2 Å². The molecule has 0 saturated heterocycles. The van der Waals surface area contributed by atoms with E-state index in [4.69, 9.17) is 5.73 Å². The minimum Gasteiger partial charge on any atom is -0.383 e. The maximum atomic E-state index is 5.68. The number of rotatable bonds is 2. The van der Waals surface area contributed by atoms with Crippen molar-refractivity contribution in [2.75, 3.05) is 5.73 Å². The molecule has 0 radical (unpaired) electrons. The van der Waals surface area contributed by atoms with Gasteiger partial charge < -0.3 is 10.3 Å². The van der Waals surface area contributed by atoms with Gasteiger partial charge in [0.15, 0.2) is 0 Å². The molecule has 66 valence electrons. The summed E-state index contributed by atoms with van der Waals surface area (Å²) >= 11 is 0. The van der Waals surface area contributed by atoms with E-state index < -0.39 is 0 Å². The third-order valence-corrected chi connectivity index (χ3v) is 1.91. The van der Waals surface area contributed by atoms with Crippen molar-refractivity contribution in [3.63, 3.8) is 0 Å². The van der Waals surface area contributed by atoms with Crippen LogP contribution in [0.4, 0.5) is 5.82 Å². The maximum absolute atomic E-state index is 5.68. The molecule has 0 amide bonds. The van der Waals surface area contributed by atoms with Crippen LogP contribution in [0.2, 0.25) is 0 Å². The van der Waals surface area contributed by atoms with Gasteiger partial charge in [0, 0.05) is 12.7 Å². The van der Waals surface area contributed by atoms with Gasteiger partial charge in [0.05, 0.1) is 5.39 Å². The molecule has 0 aromatic carbocycles. The Bertz CT molecular complexity index is 444. The smallest absolute Gasteiger partial charge is 0.145 e. The molecule has 0 saturated carbocycles. The molecule has 4 heteroatoms. The molecule has 0 atom stereocenters. The zero-order chi connectivity index (χ0) is 9.26. The Hall–Kier alpha value is -1.84. The maximum Gasteiger partial charge on any atom is 0.145 e. The van der Waals surface area contributed by atoms with Crippen LogP contribution in [0.25, 0.3) is 11.0 Å². The molecule has 0 unspecified atom stereocenters. The lowest BCUT2D eigenvalue weighted by Gasteiger charge is -1.99. The highest BCUT2D eigenvalue weighted by atomic mass is 15.0. The molecule has 2 aromatic heterocycles. The Balaban J connectivity index is 2.67. The lowest BCUT2D eigenvalue weighted by atomic mass is 10.4. The van der Waals surface area contributed by atoms with E-state index >= 15 is 0 Å². The van der Waals surface area contributed by atoms with Crippen LogP contribution >= 0.6 is 0 Å². The molecule has 0 aliphatic heterocycles. The van der Waals surface area contributed by atoms with Crippen molar-refractivity contribution in [3.05, 3.63) is 31.2 Å². The largest absolute Gasteiger partial charge is 0.383 e. The first-order valence-corrected chi connectivity index (χ1v) is 3.99. The summed E-state index contributed by atoms with van der Waals surface area (Å²) in [5, 5.41) is 0.893. The molecule has 2 N–H and O–H groups in total. The zero-order valence-electron chi connectivity index (χ0n) is 7.14. The summed E-state index contributed by atoms with van der Waals surface area (Å²) in [6, 6.07) is 1.91. The molecular weight excluding hydrogens is 164 g/mol. The molecule has 2 heterocycles. The highest BCUT2D eigenvalue weighted by Crippen LogP contribution is 2.17. The summed E-state index contributed by atoms with van der Waals surface area (Å²) in [7, 11) is 0. The summed E-state index contributed by atoms with van der Waals surface area (Å²) in [4.78, 5) is 8.05. The van der Waals surface area contributed by atoms with Crippen LogP contribution in [-0.2, 0) is 6.54 Å². The lowest BCUT2D eigenvalue weighted by Crippen LogP contribution is -1.97. The molecule has 13 heavy (non-hydrogen) atoms. The van der Waals surface area contributed by atoms with E-state index in [0.29, 0.717) is 5.82 Å². The van der Waals surface area contributed by atoms with Crippen LogP contribution < -0.4 is 5.73 Å². The number of nitrogens with zero attached hydrogens (tertiary/aromatic N) is 3. The lowest BCUT2D eigenvalue weighted by molar-refractivity contribution is 0.850. The average molecular weight is 174 g/mol. The predicted molar refractivity (Wildman–Crippen MR) is 52.1 cm³/mol. The number of nitrogens with two attached hydrogens (primary N) is 1. The van der Waals surface area contributed by atoms with Crippen LogP contribution in [0.1, 0.15) is 0 Å². The highest BCUT2D eigenvalue weighted by molar-refractivity contribution is 5.85. The quantitative estimate of drug-likeness (QED) is 0.696. The van der Waals surface area contributed by atoms with E-state index in [1.165, 1.54) is 6.33 Å². The Morgan fingerprint density at radius 1 is 1.54 bits per heavy atom. The molecular formula is C9H10N4. The van der Waals surface area contributed by atoms with Gasteiger partial charge in [-0.1, -0.05) is 6.08 Å². The molecule has 0 spiro atoms. The van der Waals surface area contributed by atoms with E-state index in [1.807, 2.05) is 22.9 Å². The second-order valence-corrected chi connectivity index (χ2v) is 2.75. The van der Waals surface area contributed by atoms with E-state index in [-0.39, 0.29) is 0 Å². The second kappa shape index (κ2) is 2.90. The Kier molecular flexibility index (Phi) is 1.73. The van der Waals surface area contributed by atoms with Gasteiger partial charge in [0.1, 0.15) is 17.8 Å². The third kappa shape index (κ3) is 1.16. The van der Waals surface area contributed by atoms with Crippen LogP contribution in [0.3, 0.4) is 0 Å². The SMILES string of the molecule is C=CCn1ccc2c(N)ncnc21. The van der Waals surface area contributed by atoms with E-state index in [2.05, 4.69) is 16.5 Å². The van der Waals surface area contributed by atoms with Gasteiger partial charge in [-0.2, -0.15) is 0 Å². The van der Waals surface area contributed by atoms with Gasteiger partial charge in [0.2, 0.25) is 0 Å². The first-order chi connectivity index (χ1) is 6.33. The third-order valence-electron chi connectivity index (χ3n) is 1.91.